The van der Waals surface area contributed by atoms with Gasteiger partial charge in [0, 0.05) is 26.1 Å². The van der Waals surface area contributed by atoms with Gasteiger partial charge in [0.1, 0.15) is 0 Å². The van der Waals surface area contributed by atoms with Crippen LogP contribution in [0.2, 0.25) is 0 Å². The first-order valence-corrected chi connectivity index (χ1v) is 6.14. The lowest BCUT2D eigenvalue weighted by molar-refractivity contribution is -0.236. The standard InChI is InChI=1S/C13H16O2/c1-14-13(15-2)5-3-4-6(13)8-7(5)9-11-10(8)12(9)11/h3-12H,1-2H3/t5-,6+,7+,8-,9?,10?,11?,12?. The van der Waals surface area contributed by atoms with Gasteiger partial charge >= 0.3 is 0 Å². The fraction of sp³-hybridized carbons (Fsp3) is 0.846. The van der Waals surface area contributed by atoms with E-state index in [9.17, 15) is 0 Å². The number of hydrogen-bond acceptors (Lipinski definition) is 2. The van der Waals surface area contributed by atoms with Gasteiger partial charge in [-0.3, -0.25) is 0 Å². The van der Waals surface area contributed by atoms with Crippen molar-refractivity contribution >= 4 is 0 Å². The zero-order chi connectivity index (χ0) is 9.95. The van der Waals surface area contributed by atoms with Crippen LogP contribution in [0.25, 0.3) is 0 Å². The minimum absolute atomic E-state index is 0.286. The van der Waals surface area contributed by atoms with E-state index in [4.69, 9.17) is 9.47 Å². The molecule has 5 fully saturated rings. The molecule has 0 heterocycles. The number of methoxy groups -OCH3 is 2. The van der Waals surface area contributed by atoms with Crippen molar-refractivity contribution in [1.29, 1.82) is 0 Å². The van der Waals surface area contributed by atoms with Gasteiger partial charge in [-0.2, -0.15) is 0 Å². The molecule has 0 aliphatic heterocycles. The van der Waals surface area contributed by atoms with Crippen LogP contribution < -0.4 is 0 Å². The second kappa shape index (κ2) is 1.93. The highest BCUT2D eigenvalue weighted by atomic mass is 16.7. The number of hydrogen-bond donors (Lipinski definition) is 0. The van der Waals surface area contributed by atoms with Crippen LogP contribution in [0.4, 0.5) is 0 Å². The van der Waals surface area contributed by atoms with Gasteiger partial charge in [0.25, 0.3) is 0 Å². The van der Waals surface area contributed by atoms with Gasteiger partial charge in [-0.25, -0.2) is 0 Å². The third kappa shape index (κ3) is 0.540. The molecule has 0 aromatic carbocycles. The molecule has 0 saturated heterocycles. The van der Waals surface area contributed by atoms with Gasteiger partial charge in [0.05, 0.1) is 0 Å². The average molecular weight is 204 g/mol. The summed E-state index contributed by atoms with van der Waals surface area (Å²) in [5, 5.41) is 0. The first-order chi connectivity index (χ1) is 7.35. The van der Waals surface area contributed by atoms with Crippen molar-refractivity contribution in [2.45, 2.75) is 5.79 Å². The van der Waals surface area contributed by atoms with E-state index in [1.165, 1.54) is 0 Å². The zero-order valence-electron chi connectivity index (χ0n) is 9.09. The number of rotatable bonds is 2. The molecular formula is C13H16O2. The Labute approximate surface area is 89.6 Å². The Balaban J connectivity index is 1.65. The molecule has 2 unspecified atom stereocenters. The number of ether oxygens (including phenoxy) is 2. The maximum absolute atomic E-state index is 5.76. The van der Waals surface area contributed by atoms with Crippen LogP contribution in [0.15, 0.2) is 12.2 Å². The van der Waals surface area contributed by atoms with E-state index < -0.39 is 0 Å². The summed E-state index contributed by atoms with van der Waals surface area (Å²) < 4.78 is 11.5. The van der Waals surface area contributed by atoms with Crippen molar-refractivity contribution in [2.24, 2.45) is 47.3 Å². The molecule has 4 bridgehead atoms. The molecule has 15 heavy (non-hydrogen) atoms. The Kier molecular flexibility index (Phi) is 1.01. The second-order valence-corrected chi connectivity index (χ2v) is 6.03. The molecule has 0 N–H and O–H groups in total. The maximum Gasteiger partial charge on any atom is 0.180 e. The maximum atomic E-state index is 5.76. The predicted octanol–water partition coefficient (Wildman–Crippen LogP) is 1.53. The lowest BCUT2D eigenvalue weighted by atomic mass is 9.86. The van der Waals surface area contributed by atoms with Crippen LogP contribution in [-0.4, -0.2) is 20.0 Å². The fourth-order valence-corrected chi connectivity index (χ4v) is 5.79. The highest BCUT2D eigenvalue weighted by Gasteiger charge is 2.89. The molecule has 0 spiro atoms. The van der Waals surface area contributed by atoms with Gasteiger partial charge < -0.3 is 9.47 Å². The Bertz CT molecular complexity index is 344. The molecule has 80 valence electrons. The topological polar surface area (TPSA) is 18.5 Å². The Morgan fingerprint density at radius 3 is 1.53 bits per heavy atom. The van der Waals surface area contributed by atoms with E-state index in [0.717, 1.165) is 35.5 Å². The highest BCUT2D eigenvalue weighted by Crippen LogP contribution is 2.91. The van der Waals surface area contributed by atoms with Crippen LogP contribution in [0.3, 0.4) is 0 Å². The van der Waals surface area contributed by atoms with E-state index in [2.05, 4.69) is 12.2 Å². The number of fused-ring (bicyclic) bond motifs is 2. The first-order valence-electron chi connectivity index (χ1n) is 6.14. The van der Waals surface area contributed by atoms with Crippen molar-refractivity contribution < 1.29 is 9.47 Å². The van der Waals surface area contributed by atoms with Gasteiger partial charge in [-0.05, 0) is 35.5 Å². The van der Waals surface area contributed by atoms with Crippen LogP contribution in [-0.2, 0) is 9.47 Å². The monoisotopic (exact) mass is 204 g/mol. The summed E-state index contributed by atoms with van der Waals surface area (Å²) in [7, 11) is 3.63. The van der Waals surface area contributed by atoms with E-state index >= 15 is 0 Å². The summed E-state index contributed by atoms with van der Waals surface area (Å²) >= 11 is 0. The van der Waals surface area contributed by atoms with Gasteiger partial charge in [-0.1, -0.05) is 12.2 Å². The molecule has 6 aliphatic rings. The van der Waals surface area contributed by atoms with Crippen molar-refractivity contribution in [3.63, 3.8) is 0 Å². The van der Waals surface area contributed by atoms with Crippen molar-refractivity contribution in [2.75, 3.05) is 14.2 Å². The molecule has 0 radical (unpaired) electrons. The molecular weight excluding hydrogens is 188 g/mol. The van der Waals surface area contributed by atoms with E-state index in [1.54, 1.807) is 0 Å². The lowest BCUT2D eigenvalue weighted by Gasteiger charge is -2.33. The molecule has 6 rings (SSSR count). The Morgan fingerprint density at radius 1 is 0.733 bits per heavy atom. The van der Waals surface area contributed by atoms with Crippen molar-refractivity contribution in [1.82, 2.24) is 0 Å². The normalized spacial score (nSPS) is 68.1. The van der Waals surface area contributed by atoms with Crippen molar-refractivity contribution in [3.8, 4) is 0 Å². The van der Waals surface area contributed by atoms with Gasteiger partial charge in [0.15, 0.2) is 5.79 Å². The lowest BCUT2D eigenvalue weighted by Crippen LogP contribution is -2.42. The van der Waals surface area contributed by atoms with Crippen LogP contribution >= 0.6 is 0 Å². The summed E-state index contributed by atoms with van der Waals surface area (Å²) in [6, 6.07) is 0. The Hall–Kier alpha value is -0.340. The van der Waals surface area contributed by atoms with E-state index in [0.29, 0.717) is 11.8 Å². The first kappa shape index (κ1) is 7.86. The molecule has 0 aromatic rings. The van der Waals surface area contributed by atoms with Crippen molar-refractivity contribution in [3.05, 3.63) is 12.2 Å². The molecule has 6 aliphatic carbocycles. The fourth-order valence-electron chi connectivity index (χ4n) is 5.79. The summed E-state index contributed by atoms with van der Waals surface area (Å²) in [5.74, 6) is 7.01. The molecule has 6 atom stereocenters. The highest BCUT2D eigenvalue weighted by molar-refractivity contribution is 5.40. The minimum Gasteiger partial charge on any atom is -0.352 e. The minimum atomic E-state index is -0.286. The Morgan fingerprint density at radius 2 is 1.13 bits per heavy atom. The third-order valence-electron chi connectivity index (χ3n) is 6.20. The summed E-state index contributed by atoms with van der Waals surface area (Å²) in [6.07, 6.45) is 4.75. The van der Waals surface area contributed by atoms with Gasteiger partial charge in [0.2, 0.25) is 0 Å². The second-order valence-electron chi connectivity index (χ2n) is 6.03. The predicted molar refractivity (Wildman–Crippen MR) is 53.8 cm³/mol. The van der Waals surface area contributed by atoms with Crippen LogP contribution in [0.1, 0.15) is 0 Å². The summed E-state index contributed by atoms with van der Waals surface area (Å²) in [4.78, 5) is 0. The molecule has 2 heteroatoms. The molecule has 5 saturated carbocycles. The summed E-state index contributed by atoms with van der Waals surface area (Å²) in [5.41, 5.74) is 0. The zero-order valence-corrected chi connectivity index (χ0v) is 9.09. The average Bonchev–Trinajstić information content (AvgIpc) is 2.98. The smallest absolute Gasteiger partial charge is 0.180 e. The van der Waals surface area contributed by atoms with Gasteiger partial charge in [-0.15, -0.1) is 0 Å². The molecule has 0 amide bonds. The van der Waals surface area contributed by atoms with E-state index in [1.807, 2.05) is 14.2 Å². The molecule has 0 aromatic heterocycles. The van der Waals surface area contributed by atoms with E-state index in [-0.39, 0.29) is 5.79 Å². The molecule has 2 nitrogen and oxygen atoms in total. The quantitative estimate of drug-likeness (QED) is 0.501. The SMILES string of the molecule is COC1(OC)[C@@H]2C=C[C@H]1[C@H]1C3C4C3C4[C@H]12. The van der Waals surface area contributed by atoms with Crippen LogP contribution in [0, 0.1) is 47.3 Å². The largest absolute Gasteiger partial charge is 0.352 e. The van der Waals surface area contributed by atoms with Crippen LogP contribution in [0.5, 0.6) is 0 Å². The summed E-state index contributed by atoms with van der Waals surface area (Å²) in [6.45, 7) is 0. The third-order valence-corrected chi connectivity index (χ3v) is 6.20.